The van der Waals surface area contributed by atoms with Crippen molar-refractivity contribution in [2.45, 2.75) is 37.8 Å². The Bertz CT molecular complexity index is 680. The molecular formula is C15H20N6O2S. The second-order valence-electron chi connectivity index (χ2n) is 5.78. The first-order valence-corrected chi connectivity index (χ1v) is 8.85. The topological polar surface area (TPSA) is 114 Å². The van der Waals surface area contributed by atoms with Crippen LogP contribution in [0.15, 0.2) is 17.3 Å². The van der Waals surface area contributed by atoms with E-state index in [4.69, 9.17) is 5.73 Å². The Balaban J connectivity index is 1.74. The van der Waals surface area contributed by atoms with E-state index in [-0.39, 0.29) is 34.8 Å². The van der Waals surface area contributed by atoms with E-state index < -0.39 is 0 Å². The molecule has 3 N–H and O–H groups in total. The molecule has 1 saturated heterocycles. The van der Waals surface area contributed by atoms with Gasteiger partial charge in [-0.25, -0.2) is 4.31 Å². The zero-order chi connectivity index (χ0) is 17.1. The average molecular weight is 348 g/mol. The Hall–Kier alpha value is -2.16. The van der Waals surface area contributed by atoms with Gasteiger partial charge in [0, 0.05) is 18.5 Å². The summed E-state index contributed by atoms with van der Waals surface area (Å²) in [5.41, 5.74) is 5.71. The van der Waals surface area contributed by atoms with Gasteiger partial charge in [-0.2, -0.15) is 15.0 Å². The number of nitrogens with two attached hydrogens (primary N) is 1. The van der Waals surface area contributed by atoms with E-state index in [1.54, 1.807) is 0 Å². The Morgan fingerprint density at radius 1 is 1.33 bits per heavy atom. The van der Waals surface area contributed by atoms with Crippen molar-refractivity contribution >= 4 is 35.7 Å². The molecule has 8 nitrogen and oxygen atoms in total. The van der Waals surface area contributed by atoms with Crippen LogP contribution in [0.2, 0.25) is 0 Å². The molecule has 2 amide bonds. The fourth-order valence-corrected chi connectivity index (χ4v) is 3.66. The summed E-state index contributed by atoms with van der Waals surface area (Å²) < 4.78 is 1.16. The van der Waals surface area contributed by atoms with Gasteiger partial charge in [-0.15, -0.1) is 0 Å². The molecule has 1 fully saturated rings. The molecular weight excluding hydrogens is 328 g/mol. The van der Waals surface area contributed by atoms with Crippen molar-refractivity contribution < 1.29 is 9.59 Å². The summed E-state index contributed by atoms with van der Waals surface area (Å²) in [6.45, 7) is 2.81. The second kappa shape index (κ2) is 7.16. The molecule has 2 atom stereocenters. The van der Waals surface area contributed by atoms with Crippen molar-refractivity contribution in [3.8, 4) is 0 Å². The molecule has 9 heteroatoms. The zero-order valence-electron chi connectivity index (χ0n) is 13.4. The highest BCUT2D eigenvalue weighted by atomic mass is 32.2. The smallest absolute Gasteiger partial charge is 0.247 e. The van der Waals surface area contributed by atoms with Crippen LogP contribution in [0.25, 0.3) is 0 Å². The van der Waals surface area contributed by atoms with Crippen LogP contribution >= 0.6 is 11.9 Å². The molecule has 1 aromatic rings. The highest BCUT2D eigenvalue weighted by molar-refractivity contribution is 7.97. The van der Waals surface area contributed by atoms with E-state index in [0.29, 0.717) is 12.4 Å². The van der Waals surface area contributed by atoms with Crippen LogP contribution < -0.4 is 11.1 Å². The molecule has 1 aliphatic heterocycles. The number of aromatic nitrogens is 3. The number of allylic oxidation sites excluding steroid dienone is 1. The lowest BCUT2D eigenvalue weighted by atomic mass is 9.86. The van der Waals surface area contributed by atoms with Crippen molar-refractivity contribution in [1.29, 1.82) is 0 Å². The first kappa shape index (κ1) is 16.7. The van der Waals surface area contributed by atoms with Gasteiger partial charge in [0.1, 0.15) is 0 Å². The Morgan fingerprint density at radius 2 is 2.17 bits per heavy atom. The van der Waals surface area contributed by atoms with Crippen LogP contribution in [0.4, 0.5) is 11.9 Å². The highest BCUT2D eigenvalue weighted by Gasteiger charge is 2.47. The fourth-order valence-electron chi connectivity index (χ4n) is 2.80. The average Bonchev–Trinajstić information content (AvgIpc) is 2.80. The zero-order valence-corrected chi connectivity index (χ0v) is 14.3. The number of hydrogen-bond donors (Lipinski definition) is 2. The monoisotopic (exact) mass is 348 g/mol. The van der Waals surface area contributed by atoms with Gasteiger partial charge in [-0.1, -0.05) is 25.5 Å². The van der Waals surface area contributed by atoms with Crippen molar-refractivity contribution in [2.75, 3.05) is 17.6 Å². The van der Waals surface area contributed by atoms with E-state index in [2.05, 4.69) is 27.2 Å². The molecule has 0 saturated carbocycles. The summed E-state index contributed by atoms with van der Waals surface area (Å²) in [7, 11) is 0. The summed E-state index contributed by atoms with van der Waals surface area (Å²) >= 11 is 0.919. The number of rotatable bonds is 6. The van der Waals surface area contributed by atoms with E-state index in [1.165, 1.54) is 0 Å². The van der Waals surface area contributed by atoms with Crippen molar-refractivity contribution in [3.05, 3.63) is 12.2 Å². The molecule has 0 bridgehead atoms. The van der Waals surface area contributed by atoms with Crippen LogP contribution in [-0.2, 0) is 9.59 Å². The number of imide groups is 1. The number of carbonyl (C=O) groups excluding carboxylic acids is 2. The maximum absolute atomic E-state index is 12.5. The molecule has 2 aliphatic rings. The Labute approximate surface area is 144 Å². The largest absolute Gasteiger partial charge is 0.368 e. The third-order valence-electron chi connectivity index (χ3n) is 4.04. The van der Waals surface area contributed by atoms with Gasteiger partial charge in [0.2, 0.25) is 28.9 Å². The lowest BCUT2D eigenvalue weighted by Crippen LogP contribution is -2.24. The van der Waals surface area contributed by atoms with Gasteiger partial charge in [-0.3, -0.25) is 9.59 Å². The van der Waals surface area contributed by atoms with Crippen LogP contribution in [0.5, 0.6) is 0 Å². The van der Waals surface area contributed by atoms with Gasteiger partial charge in [0.05, 0.1) is 11.8 Å². The molecule has 1 aliphatic carbocycles. The lowest BCUT2D eigenvalue weighted by molar-refractivity contribution is -0.133. The Morgan fingerprint density at radius 3 is 2.92 bits per heavy atom. The standard InChI is InChI=1S/C15H20N6O2S/c1-2-3-8-17-14-18-13(16)19-15(20-14)24-21-11(22)9-6-4-5-7-10(9)12(21)23/h4,6,9-10H,2-3,5,7-8H2,1H3,(H3,16,17,18,19,20). The Kier molecular flexibility index (Phi) is 4.98. The maximum atomic E-state index is 12.5. The highest BCUT2D eigenvalue weighted by Crippen LogP contribution is 2.39. The van der Waals surface area contributed by atoms with E-state index in [0.717, 1.165) is 42.1 Å². The minimum Gasteiger partial charge on any atom is -0.368 e. The van der Waals surface area contributed by atoms with Gasteiger partial charge in [0.25, 0.3) is 0 Å². The number of nitrogen functional groups attached to an aromatic ring is 1. The van der Waals surface area contributed by atoms with Crippen LogP contribution in [-0.4, -0.2) is 37.6 Å². The van der Waals surface area contributed by atoms with Crippen molar-refractivity contribution in [2.24, 2.45) is 11.8 Å². The second-order valence-corrected chi connectivity index (χ2v) is 6.69. The van der Waals surface area contributed by atoms with Gasteiger partial charge in [0.15, 0.2) is 0 Å². The van der Waals surface area contributed by atoms with E-state index >= 15 is 0 Å². The third kappa shape index (κ3) is 3.35. The number of anilines is 2. The van der Waals surface area contributed by atoms with E-state index in [1.807, 2.05) is 12.2 Å². The SMILES string of the molecule is CCCCNc1nc(N)nc(SN2C(=O)C3C=CCCC3C2=O)n1. The summed E-state index contributed by atoms with van der Waals surface area (Å²) in [5.74, 6) is -0.613. The number of nitrogens with zero attached hydrogens (tertiary/aromatic N) is 4. The van der Waals surface area contributed by atoms with Crippen LogP contribution in [0.3, 0.4) is 0 Å². The number of fused-ring (bicyclic) bond motifs is 1. The van der Waals surface area contributed by atoms with Crippen LogP contribution in [0, 0.1) is 11.8 Å². The summed E-state index contributed by atoms with van der Waals surface area (Å²) in [4.78, 5) is 37.2. The molecule has 0 spiro atoms. The molecule has 0 radical (unpaired) electrons. The summed E-state index contributed by atoms with van der Waals surface area (Å²) in [5, 5.41) is 3.31. The van der Waals surface area contributed by atoms with Gasteiger partial charge < -0.3 is 11.1 Å². The summed E-state index contributed by atoms with van der Waals surface area (Å²) in [6, 6.07) is 0. The van der Waals surface area contributed by atoms with Gasteiger partial charge in [-0.05, 0) is 19.3 Å². The van der Waals surface area contributed by atoms with Gasteiger partial charge >= 0.3 is 0 Å². The first-order valence-electron chi connectivity index (χ1n) is 8.08. The predicted molar refractivity (Wildman–Crippen MR) is 90.7 cm³/mol. The number of unbranched alkanes of at least 4 members (excludes halogenated alkanes) is 1. The van der Waals surface area contributed by atoms with Crippen molar-refractivity contribution in [3.63, 3.8) is 0 Å². The minimum absolute atomic E-state index is 0.0582. The van der Waals surface area contributed by atoms with E-state index in [9.17, 15) is 9.59 Å². The van der Waals surface area contributed by atoms with Crippen LogP contribution in [0.1, 0.15) is 32.6 Å². The molecule has 1 aromatic heterocycles. The number of carbonyl (C=O) groups is 2. The maximum Gasteiger partial charge on any atom is 0.247 e. The molecule has 128 valence electrons. The quantitative estimate of drug-likeness (QED) is 0.345. The third-order valence-corrected chi connectivity index (χ3v) is 4.93. The first-order chi connectivity index (χ1) is 11.6. The fraction of sp³-hybridized carbons (Fsp3) is 0.533. The normalized spacial score (nSPS) is 22.8. The molecule has 24 heavy (non-hydrogen) atoms. The molecule has 3 rings (SSSR count). The lowest BCUT2D eigenvalue weighted by Gasteiger charge is -2.14. The number of amides is 2. The number of hydrogen-bond acceptors (Lipinski definition) is 8. The molecule has 0 aromatic carbocycles. The molecule has 2 heterocycles. The molecule has 2 unspecified atom stereocenters. The number of nitrogens with one attached hydrogen (secondary N) is 1. The predicted octanol–water partition coefficient (Wildman–Crippen LogP) is 1.62. The summed E-state index contributed by atoms with van der Waals surface area (Å²) in [6.07, 6.45) is 7.33. The van der Waals surface area contributed by atoms with Crippen molar-refractivity contribution in [1.82, 2.24) is 19.3 Å². The minimum atomic E-state index is -0.361.